The van der Waals surface area contributed by atoms with Crippen molar-refractivity contribution in [3.63, 3.8) is 0 Å². The molecule has 4 atom stereocenters. The summed E-state index contributed by atoms with van der Waals surface area (Å²) in [5, 5.41) is 0. The van der Waals surface area contributed by atoms with Crippen molar-refractivity contribution in [1.82, 2.24) is 0 Å². The molecule has 0 spiro atoms. The number of halogens is 2. The van der Waals surface area contributed by atoms with E-state index in [9.17, 15) is 0 Å². The van der Waals surface area contributed by atoms with Crippen LogP contribution in [0.1, 0.15) is 12.8 Å². The second-order valence-electron chi connectivity index (χ2n) is 3.90. The van der Waals surface area contributed by atoms with Gasteiger partial charge in [-0.2, -0.15) is 5.92 Å². The van der Waals surface area contributed by atoms with Crippen LogP contribution in [0.25, 0.3) is 0 Å². The Morgan fingerprint density at radius 3 is 2.79 bits per heavy atom. The Labute approximate surface area is 101 Å². The Morgan fingerprint density at radius 2 is 2.00 bits per heavy atom. The van der Waals surface area contributed by atoms with E-state index in [1.165, 1.54) is 12.8 Å². The van der Waals surface area contributed by atoms with Crippen LogP contribution in [0.4, 0.5) is 0 Å². The summed E-state index contributed by atoms with van der Waals surface area (Å²) in [6.45, 7) is 0. The van der Waals surface area contributed by atoms with Crippen molar-refractivity contribution in [3.8, 4) is 0 Å². The molecule has 0 amide bonds. The first-order chi connectivity index (χ1) is 6.86. The zero-order valence-corrected chi connectivity index (χ0v) is 10.6. The first kappa shape index (κ1) is 11.0. The van der Waals surface area contributed by atoms with E-state index in [-0.39, 0.29) is 15.9 Å². The van der Waals surface area contributed by atoms with Gasteiger partial charge in [0.25, 0.3) is 0 Å². The van der Waals surface area contributed by atoms with E-state index in [0.29, 0.717) is 0 Å². The third-order valence-corrected chi connectivity index (χ3v) is 3.34. The molecule has 0 radical (unpaired) electrons. The van der Waals surface area contributed by atoms with Crippen molar-refractivity contribution in [3.05, 3.63) is 30.0 Å². The third kappa shape index (κ3) is 2.04. The Balaban J connectivity index is 0.000000226. The predicted octanol–water partition coefficient (Wildman–Crippen LogP) is 3.72. The minimum absolute atomic E-state index is 0.106. The van der Waals surface area contributed by atoms with Crippen LogP contribution in [0.5, 0.6) is 0 Å². The summed E-state index contributed by atoms with van der Waals surface area (Å²) in [6, 6.07) is 0. The molecule has 80 valence electrons. The molecule has 0 N–H and O–H groups in total. The van der Waals surface area contributed by atoms with Crippen molar-refractivity contribution in [2.45, 2.75) is 12.8 Å². The third-order valence-electron chi connectivity index (χ3n) is 3.34. The molecule has 1 fully saturated rings. The summed E-state index contributed by atoms with van der Waals surface area (Å²) >= 11 is -0.106. The van der Waals surface area contributed by atoms with Crippen molar-refractivity contribution < 1.29 is 15.9 Å². The van der Waals surface area contributed by atoms with Gasteiger partial charge in [0.1, 0.15) is 0 Å². The Bertz CT molecular complexity index is 292. The van der Waals surface area contributed by atoms with E-state index in [1.54, 1.807) is 0 Å². The monoisotopic (exact) mass is 319 g/mol. The van der Waals surface area contributed by atoms with Crippen LogP contribution >= 0.6 is 19.1 Å². The molecule has 1 saturated carbocycles. The van der Waals surface area contributed by atoms with E-state index < -0.39 is 0 Å². The zero-order chi connectivity index (χ0) is 9.97. The van der Waals surface area contributed by atoms with Crippen LogP contribution in [-0.2, 0) is 15.9 Å². The average Bonchev–Trinajstić information content (AvgIpc) is 2.74. The van der Waals surface area contributed by atoms with Crippen molar-refractivity contribution in [2.24, 2.45) is 23.7 Å². The molecule has 0 saturated heterocycles. The fraction of sp³-hybridized carbons (Fsp3) is 0.545. The number of rotatable bonds is 0. The molecule has 4 unspecified atom stereocenters. The van der Waals surface area contributed by atoms with Crippen LogP contribution < -0.4 is 0 Å². The Morgan fingerprint density at radius 1 is 1.29 bits per heavy atom. The van der Waals surface area contributed by atoms with Gasteiger partial charge in [-0.05, 0) is 30.4 Å². The van der Waals surface area contributed by atoms with Crippen LogP contribution in [0.15, 0.2) is 24.0 Å². The van der Waals surface area contributed by atoms with Gasteiger partial charge in [-0.25, -0.2) is 0 Å². The summed E-state index contributed by atoms with van der Waals surface area (Å²) in [5.74, 6) is 3.22. The fourth-order valence-electron chi connectivity index (χ4n) is 2.79. The van der Waals surface area contributed by atoms with Crippen molar-refractivity contribution in [1.29, 1.82) is 0 Å². The Hall–Kier alpha value is 0.502. The van der Waals surface area contributed by atoms with Crippen LogP contribution in [0, 0.1) is 29.7 Å². The number of fused-ring (bicyclic) bond motifs is 5. The molecule has 0 aromatic rings. The van der Waals surface area contributed by atoms with Crippen molar-refractivity contribution >= 4 is 19.1 Å². The normalized spacial score (nSPS) is 41.0. The van der Waals surface area contributed by atoms with Crippen LogP contribution in [-0.4, -0.2) is 0 Å². The molecule has 3 aliphatic carbocycles. The van der Waals surface area contributed by atoms with Crippen molar-refractivity contribution in [2.75, 3.05) is 0 Å². The van der Waals surface area contributed by atoms with Gasteiger partial charge in [-0.15, -0.1) is 5.73 Å². The second-order valence-corrected chi connectivity index (χ2v) is 6.26. The van der Waals surface area contributed by atoms with Gasteiger partial charge in [0, 0.05) is 0 Å². The van der Waals surface area contributed by atoms with Gasteiger partial charge in [0.2, 0.25) is 0 Å². The van der Waals surface area contributed by atoms with E-state index in [4.69, 9.17) is 19.1 Å². The minimum atomic E-state index is -0.106. The first-order valence-electron chi connectivity index (χ1n) is 4.69. The molecule has 3 rings (SSSR count). The molecule has 0 nitrogen and oxygen atoms in total. The quantitative estimate of drug-likeness (QED) is 0.362. The van der Waals surface area contributed by atoms with Gasteiger partial charge in [-0.1, -0.05) is 12.3 Å². The molecule has 14 heavy (non-hydrogen) atoms. The van der Waals surface area contributed by atoms with Gasteiger partial charge in [-0.3, -0.25) is 6.08 Å². The molecule has 0 aromatic carbocycles. The van der Waals surface area contributed by atoms with Gasteiger partial charge in [0.05, 0.1) is 0 Å². The topological polar surface area (TPSA) is 0 Å². The molecular formula is C11H11Cl2Pd-. The molecule has 3 heteroatoms. The van der Waals surface area contributed by atoms with E-state index in [0.717, 1.165) is 23.7 Å². The predicted molar refractivity (Wildman–Crippen MR) is 55.4 cm³/mol. The SMILES string of the molecule is C1=CC2CC(C=1)C1CC=[C-]C21.[Cl][Pd][Cl]. The molecule has 0 aliphatic heterocycles. The molecule has 0 heterocycles. The Kier molecular flexibility index (Phi) is 3.95. The van der Waals surface area contributed by atoms with E-state index in [1.807, 2.05) is 0 Å². The van der Waals surface area contributed by atoms with E-state index in [2.05, 4.69) is 30.0 Å². The molecule has 3 aliphatic rings. The molecule has 0 aromatic heterocycles. The fourth-order valence-corrected chi connectivity index (χ4v) is 2.79. The van der Waals surface area contributed by atoms with Crippen LogP contribution in [0.2, 0.25) is 0 Å². The number of hydrogen-bond acceptors (Lipinski definition) is 0. The van der Waals surface area contributed by atoms with Crippen LogP contribution in [0.3, 0.4) is 0 Å². The number of allylic oxidation sites excluding steroid dienone is 3. The number of hydrogen-bond donors (Lipinski definition) is 0. The first-order valence-corrected chi connectivity index (χ1v) is 8.70. The molecule has 2 bridgehead atoms. The standard InChI is InChI=1S/C11H11.2ClH.Pd/c1-3-8-7-9(4-1)11-6-2-5-10(8)11;;;/h2-4,8-11H,5,7H2;2*1H;/q-1;;;+2/p-2. The van der Waals surface area contributed by atoms with E-state index >= 15 is 0 Å². The second kappa shape index (κ2) is 5.02. The zero-order valence-electron chi connectivity index (χ0n) is 7.53. The van der Waals surface area contributed by atoms with Gasteiger partial charge >= 0.3 is 35.0 Å². The molecular weight excluding hydrogens is 309 g/mol. The summed E-state index contributed by atoms with van der Waals surface area (Å²) in [7, 11) is 9.63. The summed E-state index contributed by atoms with van der Waals surface area (Å²) < 4.78 is 0. The summed E-state index contributed by atoms with van der Waals surface area (Å²) in [6.07, 6.45) is 12.8. The summed E-state index contributed by atoms with van der Waals surface area (Å²) in [4.78, 5) is 0. The van der Waals surface area contributed by atoms with Gasteiger partial charge < -0.3 is 6.08 Å². The average molecular weight is 321 g/mol. The summed E-state index contributed by atoms with van der Waals surface area (Å²) in [5.41, 5.74) is 3.27. The maximum absolute atomic E-state index is 4.81. The van der Waals surface area contributed by atoms with Gasteiger partial charge in [0.15, 0.2) is 0 Å². The maximum atomic E-state index is 4.81.